The van der Waals surface area contributed by atoms with Gasteiger partial charge in [0.15, 0.2) is 5.84 Å². The lowest BCUT2D eigenvalue weighted by Gasteiger charge is -2.20. The molecule has 4 N–H and O–H groups in total. The second kappa shape index (κ2) is 7.93. The molecule has 0 bridgehead atoms. The maximum absolute atomic E-state index is 12.0. The van der Waals surface area contributed by atoms with Crippen molar-refractivity contribution in [3.05, 3.63) is 35.4 Å². The summed E-state index contributed by atoms with van der Waals surface area (Å²) in [5, 5.41) is 14.6. The van der Waals surface area contributed by atoms with Gasteiger partial charge in [0.2, 0.25) is 5.91 Å². The van der Waals surface area contributed by atoms with Gasteiger partial charge in [-0.15, -0.1) is 0 Å². The van der Waals surface area contributed by atoms with Crippen molar-refractivity contribution < 1.29 is 10.0 Å². The molecule has 1 aliphatic heterocycles. The maximum Gasteiger partial charge on any atom is 0.220 e. The summed E-state index contributed by atoms with van der Waals surface area (Å²) < 4.78 is 0. The second-order valence-electron chi connectivity index (χ2n) is 5.22. The highest BCUT2D eigenvalue weighted by Crippen LogP contribution is 2.25. The molecule has 114 valence electrons. The fraction of sp³-hybridized carbons (Fsp3) is 0.467. The van der Waals surface area contributed by atoms with Gasteiger partial charge in [0.1, 0.15) is 0 Å². The molecule has 0 unspecified atom stereocenters. The Morgan fingerprint density at radius 3 is 2.90 bits per heavy atom. The Morgan fingerprint density at radius 1 is 1.43 bits per heavy atom. The van der Waals surface area contributed by atoms with E-state index in [2.05, 4.69) is 10.5 Å². The summed E-state index contributed by atoms with van der Waals surface area (Å²) in [5.74, 6) is 3.03. The Morgan fingerprint density at radius 2 is 2.19 bits per heavy atom. The number of nitrogens with one attached hydrogen (secondary N) is 1. The van der Waals surface area contributed by atoms with Gasteiger partial charge in [0, 0.05) is 18.5 Å². The molecule has 5 nitrogen and oxygen atoms in total. The van der Waals surface area contributed by atoms with Crippen LogP contribution in [-0.2, 0) is 11.3 Å². The lowest BCUT2D eigenvalue weighted by Crippen LogP contribution is -2.26. The monoisotopic (exact) mass is 307 g/mol. The summed E-state index contributed by atoms with van der Waals surface area (Å²) >= 11 is 1.97. The number of oxime groups is 1. The third kappa shape index (κ3) is 4.97. The third-order valence-electron chi connectivity index (χ3n) is 3.64. The predicted octanol–water partition coefficient (Wildman–Crippen LogP) is 1.93. The molecule has 1 aromatic carbocycles. The SMILES string of the molecule is N/C(=N/O)c1cccc(CNC(=O)CC2CCSCC2)c1. The van der Waals surface area contributed by atoms with Crippen molar-refractivity contribution in [1.82, 2.24) is 5.32 Å². The molecule has 1 fully saturated rings. The van der Waals surface area contributed by atoms with E-state index in [9.17, 15) is 4.79 Å². The zero-order valence-corrected chi connectivity index (χ0v) is 12.7. The number of carbonyl (C=O) groups excluding carboxylic acids is 1. The molecule has 21 heavy (non-hydrogen) atoms. The highest BCUT2D eigenvalue weighted by atomic mass is 32.2. The first-order valence-electron chi connectivity index (χ1n) is 7.10. The van der Waals surface area contributed by atoms with Crippen LogP contribution in [0.15, 0.2) is 29.4 Å². The van der Waals surface area contributed by atoms with Crippen LogP contribution in [0.2, 0.25) is 0 Å². The van der Waals surface area contributed by atoms with Crippen LogP contribution in [0.4, 0.5) is 0 Å². The van der Waals surface area contributed by atoms with Gasteiger partial charge in [-0.3, -0.25) is 4.79 Å². The van der Waals surface area contributed by atoms with Gasteiger partial charge in [-0.2, -0.15) is 11.8 Å². The Hall–Kier alpha value is -1.69. The molecule has 1 heterocycles. The lowest BCUT2D eigenvalue weighted by molar-refractivity contribution is -0.122. The molecule has 2 rings (SSSR count). The van der Waals surface area contributed by atoms with E-state index >= 15 is 0 Å². The Balaban J connectivity index is 1.83. The van der Waals surface area contributed by atoms with Crippen LogP contribution < -0.4 is 11.1 Å². The first-order chi connectivity index (χ1) is 10.2. The van der Waals surface area contributed by atoms with Crippen LogP contribution >= 0.6 is 11.8 Å². The van der Waals surface area contributed by atoms with Crippen molar-refractivity contribution in [1.29, 1.82) is 0 Å². The number of benzene rings is 1. The van der Waals surface area contributed by atoms with Crippen LogP contribution in [0.1, 0.15) is 30.4 Å². The smallest absolute Gasteiger partial charge is 0.220 e. The normalized spacial score (nSPS) is 16.7. The topological polar surface area (TPSA) is 87.7 Å². The molecule has 6 heteroatoms. The molecule has 1 aliphatic rings. The molecule has 1 saturated heterocycles. The fourth-order valence-corrected chi connectivity index (χ4v) is 3.59. The minimum Gasteiger partial charge on any atom is -0.409 e. The molecule has 1 aromatic rings. The number of hydrogen-bond donors (Lipinski definition) is 3. The quantitative estimate of drug-likeness (QED) is 0.336. The second-order valence-corrected chi connectivity index (χ2v) is 6.45. The average molecular weight is 307 g/mol. The highest BCUT2D eigenvalue weighted by molar-refractivity contribution is 7.99. The largest absolute Gasteiger partial charge is 0.409 e. The first kappa shape index (κ1) is 15.7. The number of nitrogens with zero attached hydrogens (tertiary/aromatic N) is 1. The van der Waals surface area contributed by atoms with Crippen molar-refractivity contribution in [2.24, 2.45) is 16.8 Å². The molecule has 1 amide bonds. The van der Waals surface area contributed by atoms with Gasteiger partial charge in [-0.25, -0.2) is 0 Å². The van der Waals surface area contributed by atoms with Gasteiger partial charge < -0.3 is 16.3 Å². The molecule has 0 spiro atoms. The Kier molecular flexibility index (Phi) is 5.92. The Bertz CT molecular complexity index is 513. The molecule has 0 aromatic heterocycles. The summed E-state index contributed by atoms with van der Waals surface area (Å²) in [4.78, 5) is 12.0. The number of amidine groups is 1. The van der Waals surface area contributed by atoms with E-state index in [1.54, 1.807) is 6.07 Å². The number of thioether (sulfide) groups is 1. The number of amides is 1. The summed E-state index contributed by atoms with van der Waals surface area (Å²) in [7, 11) is 0. The molecular weight excluding hydrogens is 286 g/mol. The number of carbonyl (C=O) groups is 1. The van der Waals surface area contributed by atoms with Crippen molar-refractivity contribution in [3.8, 4) is 0 Å². The van der Waals surface area contributed by atoms with Crippen molar-refractivity contribution >= 4 is 23.5 Å². The molecule has 0 radical (unpaired) electrons. The predicted molar refractivity (Wildman–Crippen MR) is 85.5 cm³/mol. The Labute approximate surface area is 129 Å². The summed E-state index contributed by atoms with van der Waals surface area (Å²) in [6, 6.07) is 7.31. The van der Waals surface area contributed by atoms with Crippen molar-refractivity contribution in [2.75, 3.05) is 11.5 Å². The van der Waals surface area contributed by atoms with Crippen LogP contribution in [0.25, 0.3) is 0 Å². The van der Waals surface area contributed by atoms with E-state index in [0.29, 0.717) is 24.4 Å². The van der Waals surface area contributed by atoms with E-state index in [4.69, 9.17) is 10.9 Å². The fourth-order valence-electron chi connectivity index (χ4n) is 2.38. The zero-order chi connectivity index (χ0) is 15.1. The van der Waals surface area contributed by atoms with E-state index in [-0.39, 0.29) is 11.7 Å². The third-order valence-corrected chi connectivity index (χ3v) is 4.68. The average Bonchev–Trinajstić information content (AvgIpc) is 2.53. The number of rotatable bonds is 5. The minimum atomic E-state index is 0.0721. The van der Waals surface area contributed by atoms with Crippen LogP contribution in [0.3, 0.4) is 0 Å². The lowest BCUT2D eigenvalue weighted by atomic mass is 9.98. The van der Waals surface area contributed by atoms with Crippen molar-refractivity contribution in [2.45, 2.75) is 25.8 Å². The van der Waals surface area contributed by atoms with Crippen LogP contribution in [0, 0.1) is 5.92 Å². The van der Waals surface area contributed by atoms with Gasteiger partial charge >= 0.3 is 0 Å². The van der Waals surface area contributed by atoms with E-state index in [1.807, 2.05) is 30.0 Å². The zero-order valence-electron chi connectivity index (χ0n) is 11.9. The molecule has 0 aliphatic carbocycles. The molecular formula is C15H21N3O2S. The summed E-state index contributed by atoms with van der Waals surface area (Å²) in [6.45, 7) is 0.465. The van der Waals surface area contributed by atoms with Crippen molar-refractivity contribution in [3.63, 3.8) is 0 Å². The maximum atomic E-state index is 12.0. The van der Waals surface area contributed by atoms with E-state index in [1.165, 1.54) is 11.5 Å². The van der Waals surface area contributed by atoms with Gasteiger partial charge in [-0.05, 0) is 41.9 Å². The molecule has 0 saturated carbocycles. The number of hydrogen-bond acceptors (Lipinski definition) is 4. The minimum absolute atomic E-state index is 0.0721. The van der Waals surface area contributed by atoms with Gasteiger partial charge in [0.05, 0.1) is 0 Å². The summed E-state index contributed by atoms with van der Waals surface area (Å²) in [6.07, 6.45) is 2.88. The highest BCUT2D eigenvalue weighted by Gasteiger charge is 2.17. The summed E-state index contributed by atoms with van der Waals surface area (Å²) in [5.41, 5.74) is 7.14. The molecule has 0 atom stereocenters. The standard InChI is InChI=1S/C15H21N3O2S/c16-15(18-20)13-3-1-2-12(8-13)10-17-14(19)9-11-4-6-21-7-5-11/h1-3,8,11,20H,4-7,9-10H2,(H2,16,18)(H,17,19). The van der Waals surface area contributed by atoms with E-state index < -0.39 is 0 Å². The van der Waals surface area contributed by atoms with Crippen LogP contribution in [-0.4, -0.2) is 28.5 Å². The number of nitrogens with two attached hydrogens (primary N) is 1. The first-order valence-corrected chi connectivity index (χ1v) is 8.26. The van der Waals surface area contributed by atoms with Crippen LogP contribution in [0.5, 0.6) is 0 Å². The van der Waals surface area contributed by atoms with Gasteiger partial charge in [0.25, 0.3) is 0 Å². The van der Waals surface area contributed by atoms with E-state index in [0.717, 1.165) is 18.4 Å². The van der Waals surface area contributed by atoms with Gasteiger partial charge in [-0.1, -0.05) is 23.4 Å².